The summed E-state index contributed by atoms with van der Waals surface area (Å²) in [5.74, 6) is 0.929. The number of hydrogen-bond donors (Lipinski definition) is 1. The molecular formula is C14H17ClN2O. The topological polar surface area (TPSA) is 42.4 Å². The summed E-state index contributed by atoms with van der Waals surface area (Å²) in [4.78, 5) is 2.16. The van der Waals surface area contributed by atoms with Gasteiger partial charge in [-0.25, -0.2) is 0 Å². The van der Waals surface area contributed by atoms with Gasteiger partial charge in [0.1, 0.15) is 5.76 Å². The van der Waals surface area contributed by atoms with Crippen molar-refractivity contribution in [2.45, 2.75) is 12.6 Å². The van der Waals surface area contributed by atoms with Crippen molar-refractivity contribution >= 4 is 11.6 Å². The molecule has 2 N–H and O–H groups in total. The van der Waals surface area contributed by atoms with E-state index in [0.717, 1.165) is 22.9 Å². The van der Waals surface area contributed by atoms with E-state index in [-0.39, 0.29) is 6.04 Å². The van der Waals surface area contributed by atoms with Crippen molar-refractivity contribution in [1.82, 2.24) is 4.90 Å². The minimum atomic E-state index is 0.133. The minimum Gasteiger partial charge on any atom is -0.468 e. The average Bonchev–Trinajstić information content (AvgIpc) is 2.83. The van der Waals surface area contributed by atoms with Crippen LogP contribution in [0.2, 0.25) is 5.02 Å². The molecule has 0 saturated carbocycles. The van der Waals surface area contributed by atoms with Crippen LogP contribution in [-0.4, -0.2) is 18.5 Å². The normalized spacial score (nSPS) is 12.9. The number of rotatable bonds is 5. The fourth-order valence-corrected chi connectivity index (χ4v) is 2.24. The highest BCUT2D eigenvalue weighted by atomic mass is 35.5. The smallest absolute Gasteiger partial charge is 0.117 e. The second kappa shape index (κ2) is 6.05. The molecule has 1 aromatic heterocycles. The van der Waals surface area contributed by atoms with Crippen molar-refractivity contribution in [3.05, 3.63) is 59.0 Å². The summed E-state index contributed by atoms with van der Waals surface area (Å²) in [6, 6.07) is 11.8. The molecule has 96 valence electrons. The Balaban J connectivity index is 2.12. The lowest BCUT2D eigenvalue weighted by Gasteiger charge is -2.26. The fraction of sp³-hybridized carbons (Fsp3) is 0.286. The van der Waals surface area contributed by atoms with Crippen molar-refractivity contribution in [3.8, 4) is 0 Å². The van der Waals surface area contributed by atoms with Crippen LogP contribution >= 0.6 is 11.6 Å². The third-order valence-corrected chi connectivity index (χ3v) is 3.21. The molecule has 0 aliphatic carbocycles. The molecule has 0 aliphatic heterocycles. The molecule has 0 bridgehead atoms. The summed E-state index contributed by atoms with van der Waals surface area (Å²) in [6.07, 6.45) is 1.68. The summed E-state index contributed by atoms with van der Waals surface area (Å²) in [5, 5.41) is 0.734. The highest BCUT2D eigenvalue weighted by Crippen LogP contribution is 2.23. The first-order chi connectivity index (χ1) is 8.70. The molecule has 18 heavy (non-hydrogen) atoms. The summed E-state index contributed by atoms with van der Waals surface area (Å²) in [7, 11) is 2.03. The van der Waals surface area contributed by atoms with Crippen molar-refractivity contribution < 1.29 is 4.42 Å². The Morgan fingerprint density at radius 1 is 1.33 bits per heavy atom. The van der Waals surface area contributed by atoms with Gasteiger partial charge in [0.15, 0.2) is 0 Å². The van der Waals surface area contributed by atoms with E-state index in [9.17, 15) is 0 Å². The second-order valence-corrected chi connectivity index (χ2v) is 4.74. The monoisotopic (exact) mass is 264 g/mol. The Hall–Kier alpha value is -1.29. The van der Waals surface area contributed by atoms with Crippen molar-refractivity contribution in [2.24, 2.45) is 5.73 Å². The van der Waals surface area contributed by atoms with Crippen LogP contribution < -0.4 is 5.73 Å². The lowest BCUT2D eigenvalue weighted by molar-refractivity contribution is 0.223. The Labute approximate surface area is 112 Å². The van der Waals surface area contributed by atoms with Crippen LogP contribution in [0.4, 0.5) is 0 Å². The zero-order chi connectivity index (χ0) is 13.0. The van der Waals surface area contributed by atoms with Crippen LogP contribution in [0.1, 0.15) is 17.4 Å². The minimum absolute atomic E-state index is 0.133. The molecule has 1 unspecified atom stereocenters. The van der Waals surface area contributed by atoms with E-state index in [0.29, 0.717) is 6.54 Å². The van der Waals surface area contributed by atoms with Gasteiger partial charge in [0.25, 0.3) is 0 Å². The van der Waals surface area contributed by atoms with Crippen LogP contribution in [0.15, 0.2) is 47.1 Å². The van der Waals surface area contributed by atoms with Crippen molar-refractivity contribution in [2.75, 3.05) is 13.6 Å². The number of halogens is 1. The van der Waals surface area contributed by atoms with Gasteiger partial charge >= 0.3 is 0 Å². The highest BCUT2D eigenvalue weighted by Gasteiger charge is 2.16. The predicted molar refractivity (Wildman–Crippen MR) is 73.4 cm³/mol. The van der Waals surface area contributed by atoms with Gasteiger partial charge in [-0.05, 0) is 36.9 Å². The molecule has 0 fully saturated rings. The Bertz CT molecular complexity index is 484. The second-order valence-electron chi connectivity index (χ2n) is 4.30. The van der Waals surface area contributed by atoms with Gasteiger partial charge in [-0.15, -0.1) is 0 Å². The first-order valence-electron chi connectivity index (χ1n) is 5.89. The van der Waals surface area contributed by atoms with E-state index in [1.165, 1.54) is 0 Å². The van der Waals surface area contributed by atoms with Gasteiger partial charge in [0.2, 0.25) is 0 Å². The molecule has 0 saturated heterocycles. The van der Waals surface area contributed by atoms with E-state index >= 15 is 0 Å². The number of benzene rings is 1. The summed E-state index contributed by atoms with van der Waals surface area (Å²) < 4.78 is 5.35. The molecular weight excluding hydrogens is 248 g/mol. The van der Waals surface area contributed by atoms with Crippen LogP contribution in [0.5, 0.6) is 0 Å². The largest absolute Gasteiger partial charge is 0.468 e. The lowest BCUT2D eigenvalue weighted by Crippen LogP contribution is -2.30. The zero-order valence-corrected chi connectivity index (χ0v) is 11.1. The van der Waals surface area contributed by atoms with Crippen LogP contribution in [0.3, 0.4) is 0 Å². The van der Waals surface area contributed by atoms with E-state index in [1.54, 1.807) is 6.26 Å². The first-order valence-corrected chi connectivity index (χ1v) is 6.26. The number of hydrogen-bond acceptors (Lipinski definition) is 3. The van der Waals surface area contributed by atoms with Crippen LogP contribution in [0.25, 0.3) is 0 Å². The summed E-state index contributed by atoms with van der Waals surface area (Å²) in [5.41, 5.74) is 6.99. The van der Waals surface area contributed by atoms with Gasteiger partial charge in [-0.1, -0.05) is 23.7 Å². The standard InChI is InChI=1S/C14H17ClN2O/c1-17(10-13-6-3-7-18-13)14(9-16)11-4-2-5-12(15)8-11/h2-8,14H,9-10,16H2,1H3. The maximum absolute atomic E-state index is 6.02. The van der Waals surface area contributed by atoms with Gasteiger partial charge in [0.05, 0.1) is 12.8 Å². The van der Waals surface area contributed by atoms with Gasteiger partial charge < -0.3 is 10.2 Å². The van der Waals surface area contributed by atoms with Gasteiger partial charge in [-0.3, -0.25) is 4.90 Å². The van der Waals surface area contributed by atoms with Crippen LogP contribution in [0, 0.1) is 0 Å². The summed E-state index contributed by atoms with van der Waals surface area (Å²) in [6.45, 7) is 1.26. The Kier molecular flexibility index (Phi) is 4.42. The highest BCUT2D eigenvalue weighted by molar-refractivity contribution is 6.30. The average molecular weight is 265 g/mol. The quantitative estimate of drug-likeness (QED) is 0.903. The number of likely N-dealkylation sites (N-methyl/N-ethyl adjacent to an activating group) is 1. The number of nitrogens with two attached hydrogens (primary N) is 1. The molecule has 0 amide bonds. The van der Waals surface area contributed by atoms with E-state index in [1.807, 2.05) is 43.4 Å². The van der Waals surface area contributed by atoms with E-state index in [4.69, 9.17) is 21.8 Å². The molecule has 4 heteroatoms. The van der Waals surface area contributed by atoms with Crippen LogP contribution in [-0.2, 0) is 6.54 Å². The fourth-order valence-electron chi connectivity index (χ4n) is 2.04. The summed E-state index contributed by atoms with van der Waals surface area (Å²) >= 11 is 6.02. The molecule has 1 aromatic carbocycles. The Morgan fingerprint density at radius 3 is 2.78 bits per heavy atom. The third-order valence-electron chi connectivity index (χ3n) is 2.97. The molecule has 3 nitrogen and oxygen atoms in total. The van der Waals surface area contributed by atoms with Gasteiger partial charge in [0, 0.05) is 17.6 Å². The third kappa shape index (κ3) is 3.13. The molecule has 1 heterocycles. The van der Waals surface area contributed by atoms with Crippen molar-refractivity contribution in [1.29, 1.82) is 0 Å². The molecule has 0 spiro atoms. The van der Waals surface area contributed by atoms with E-state index < -0.39 is 0 Å². The first kappa shape index (κ1) is 13.1. The molecule has 0 aliphatic rings. The predicted octanol–water partition coefficient (Wildman–Crippen LogP) is 3.06. The molecule has 1 atom stereocenters. The Morgan fingerprint density at radius 2 is 2.17 bits per heavy atom. The maximum Gasteiger partial charge on any atom is 0.117 e. The lowest BCUT2D eigenvalue weighted by atomic mass is 10.1. The number of furan rings is 1. The molecule has 2 rings (SSSR count). The SMILES string of the molecule is CN(Cc1ccco1)C(CN)c1cccc(Cl)c1. The zero-order valence-electron chi connectivity index (χ0n) is 10.3. The molecule has 0 radical (unpaired) electrons. The maximum atomic E-state index is 6.02. The van der Waals surface area contributed by atoms with Crippen molar-refractivity contribution in [3.63, 3.8) is 0 Å². The van der Waals surface area contributed by atoms with E-state index in [2.05, 4.69) is 4.90 Å². The number of nitrogens with zero attached hydrogens (tertiary/aromatic N) is 1. The molecule has 2 aromatic rings. The van der Waals surface area contributed by atoms with Gasteiger partial charge in [-0.2, -0.15) is 0 Å².